The maximum atomic E-state index is 12.8. The van der Waals surface area contributed by atoms with Crippen LogP contribution in [0.15, 0.2) is 18.2 Å². The average molecular weight is 347 g/mol. The number of fused-ring (bicyclic) bond motifs is 1. The Balaban J connectivity index is 2.39. The van der Waals surface area contributed by atoms with Crippen molar-refractivity contribution in [2.24, 2.45) is 5.73 Å². The lowest BCUT2D eigenvalue weighted by molar-refractivity contribution is -0.133. The predicted molar refractivity (Wildman–Crippen MR) is 98.6 cm³/mol. The number of carbonyl (C=O) groups excluding carboxylic acids is 2. The molecule has 1 aliphatic heterocycles. The summed E-state index contributed by atoms with van der Waals surface area (Å²) >= 11 is 0. The third kappa shape index (κ3) is 3.95. The van der Waals surface area contributed by atoms with E-state index in [1.54, 1.807) is 9.80 Å². The molecule has 0 spiro atoms. The number of nitrogens with zero attached hydrogens (tertiary/aromatic N) is 2. The first-order chi connectivity index (χ1) is 12.0. The summed E-state index contributed by atoms with van der Waals surface area (Å²) in [6, 6.07) is 5.55. The van der Waals surface area contributed by atoms with E-state index in [1.807, 2.05) is 45.9 Å². The van der Waals surface area contributed by atoms with E-state index in [-0.39, 0.29) is 24.4 Å². The molecule has 1 aliphatic rings. The Morgan fingerprint density at radius 2 is 1.96 bits per heavy atom. The number of rotatable bonds is 7. The molecule has 25 heavy (non-hydrogen) atoms. The molecule has 2 amide bonds. The highest BCUT2D eigenvalue weighted by atomic mass is 16.5. The Kier molecular flexibility index (Phi) is 6.42. The van der Waals surface area contributed by atoms with E-state index >= 15 is 0 Å². The van der Waals surface area contributed by atoms with Crippen molar-refractivity contribution in [1.82, 2.24) is 4.90 Å². The van der Waals surface area contributed by atoms with Crippen molar-refractivity contribution in [3.05, 3.63) is 23.8 Å². The minimum atomic E-state index is -0.553. The molecule has 1 aromatic rings. The Bertz CT molecular complexity index is 628. The number of ether oxygens (including phenoxy) is 1. The van der Waals surface area contributed by atoms with E-state index in [9.17, 15) is 9.59 Å². The largest absolute Gasteiger partial charge is 0.478 e. The molecular weight excluding hydrogens is 318 g/mol. The Morgan fingerprint density at radius 1 is 1.28 bits per heavy atom. The number of anilines is 1. The number of hydrogen-bond donors (Lipinski definition) is 1. The van der Waals surface area contributed by atoms with Gasteiger partial charge in [0.05, 0.1) is 5.69 Å². The van der Waals surface area contributed by atoms with Gasteiger partial charge in [-0.05, 0) is 44.4 Å². The summed E-state index contributed by atoms with van der Waals surface area (Å²) in [5.74, 6) is 0.398. The lowest BCUT2D eigenvalue weighted by Gasteiger charge is -2.35. The van der Waals surface area contributed by atoms with Crippen molar-refractivity contribution in [3.63, 3.8) is 0 Å². The lowest BCUT2D eigenvalue weighted by atomic mass is 10.0. The monoisotopic (exact) mass is 347 g/mol. The van der Waals surface area contributed by atoms with Crippen molar-refractivity contribution in [2.45, 2.75) is 52.7 Å². The van der Waals surface area contributed by atoms with Crippen LogP contribution in [0, 0.1) is 0 Å². The highest BCUT2D eigenvalue weighted by Gasteiger charge is 2.35. The summed E-state index contributed by atoms with van der Waals surface area (Å²) in [6.07, 6.45) is 0.802. The molecule has 2 rings (SSSR count). The van der Waals surface area contributed by atoms with E-state index < -0.39 is 6.10 Å². The molecule has 0 fully saturated rings. The van der Waals surface area contributed by atoms with Gasteiger partial charge < -0.3 is 15.4 Å². The third-order valence-corrected chi connectivity index (χ3v) is 4.73. The molecule has 1 aromatic carbocycles. The molecule has 0 aliphatic carbocycles. The minimum Gasteiger partial charge on any atom is -0.478 e. The van der Waals surface area contributed by atoms with Crippen LogP contribution < -0.4 is 15.4 Å². The van der Waals surface area contributed by atoms with E-state index in [0.29, 0.717) is 30.9 Å². The number of hydrogen-bond acceptors (Lipinski definition) is 4. The molecule has 0 saturated heterocycles. The Hall–Kier alpha value is -2.08. The van der Waals surface area contributed by atoms with Crippen LogP contribution in [0.5, 0.6) is 5.75 Å². The zero-order valence-corrected chi connectivity index (χ0v) is 15.6. The summed E-state index contributed by atoms with van der Waals surface area (Å²) in [5.41, 5.74) is 7.71. The van der Waals surface area contributed by atoms with Crippen molar-refractivity contribution >= 4 is 17.5 Å². The second-order valence-electron chi connectivity index (χ2n) is 6.25. The fourth-order valence-electron chi connectivity index (χ4n) is 3.04. The van der Waals surface area contributed by atoms with Gasteiger partial charge in [-0.25, -0.2) is 0 Å². The molecule has 6 heteroatoms. The van der Waals surface area contributed by atoms with Gasteiger partial charge in [-0.2, -0.15) is 0 Å². The second-order valence-corrected chi connectivity index (χ2v) is 6.25. The zero-order chi connectivity index (χ0) is 18.6. The first kappa shape index (κ1) is 19.2. The normalized spacial score (nSPS) is 17.7. The first-order valence-corrected chi connectivity index (χ1v) is 9.11. The van der Waals surface area contributed by atoms with Gasteiger partial charge in [0.2, 0.25) is 5.91 Å². The number of carbonyl (C=O) groups is 2. The van der Waals surface area contributed by atoms with Crippen LogP contribution in [0.25, 0.3) is 0 Å². The summed E-state index contributed by atoms with van der Waals surface area (Å²) < 4.78 is 5.83. The Morgan fingerprint density at radius 3 is 2.52 bits per heavy atom. The molecule has 138 valence electrons. The molecule has 2 unspecified atom stereocenters. The average Bonchev–Trinajstić information content (AvgIpc) is 2.63. The van der Waals surface area contributed by atoms with Gasteiger partial charge in [0.15, 0.2) is 6.10 Å². The highest BCUT2D eigenvalue weighted by Crippen LogP contribution is 2.37. The topological polar surface area (TPSA) is 75.9 Å². The molecule has 0 aromatic heterocycles. The van der Waals surface area contributed by atoms with Crippen LogP contribution >= 0.6 is 0 Å². The summed E-state index contributed by atoms with van der Waals surface area (Å²) in [6.45, 7) is 9.06. The lowest BCUT2D eigenvalue weighted by Crippen LogP contribution is -2.50. The van der Waals surface area contributed by atoms with Crippen LogP contribution in [-0.2, 0) is 9.59 Å². The van der Waals surface area contributed by atoms with Gasteiger partial charge in [0.1, 0.15) is 12.3 Å². The summed E-state index contributed by atoms with van der Waals surface area (Å²) in [7, 11) is 0. The van der Waals surface area contributed by atoms with Crippen molar-refractivity contribution in [2.75, 3.05) is 24.5 Å². The Labute approximate surface area is 149 Å². The highest BCUT2D eigenvalue weighted by molar-refractivity contribution is 6.03. The quantitative estimate of drug-likeness (QED) is 0.822. The minimum absolute atomic E-state index is 0.0260. The van der Waals surface area contributed by atoms with Gasteiger partial charge in [-0.15, -0.1) is 0 Å². The van der Waals surface area contributed by atoms with Gasteiger partial charge >= 0.3 is 0 Å². The molecule has 1 heterocycles. The first-order valence-electron chi connectivity index (χ1n) is 9.11. The fourth-order valence-corrected chi connectivity index (χ4v) is 3.04. The molecule has 2 N–H and O–H groups in total. The molecule has 2 atom stereocenters. The molecule has 6 nitrogen and oxygen atoms in total. The zero-order valence-electron chi connectivity index (χ0n) is 15.6. The standard InChI is InChI=1S/C19H29N3O3/c1-5-14(20)13-9-10-17-15(11-13)22(19(24)16(6-2)25-17)12-18(23)21(7-3)8-4/h9-11,14,16H,5-8,12,20H2,1-4H3. The second kappa shape index (κ2) is 8.34. The maximum Gasteiger partial charge on any atom is 0.268 e. The van der Waals surface area contributed by atoms with Gasteiger partial charge in [-0.1, -0.05) is 19.9 Å². The van der Waals surface area contributed by atoms with Gasteiger partial charge in [0.25, 0.3) is 5.91 Å². The van der Waals surface area contributed by atoms with Crippen LogP contribution in [-0.4, -0.2) is 42.5 Å². The molecule has 0 radical (unpaired) electrons. The van der Waals surface area contributed by atoms with E-state index in [2.05, 4.69) is 0 Å². The van der Waals surface area contributed by atoms with Crippen LogP contribution in [0.2, 0.25) is 0 Å². The number of amides is 2. The molecule has 0 saturated carbocycles. The summed E-state index contributed by atoms with van der Waals surface area (Å²) in [5, 5.41) is 0. The van der Waals surface area contributed by atoms with Crippen molar-refractivity contribution in [1.29, 1.82) is 0 Å². The van der Waals surface area contributed by atoms with Crippen molar-refractivity contribution < 1.29 is 14.3 Å². The predicted octanol–water partition coefficient (Wildman–Crippen LogP) is 2.47. The SMILES string of the molecule is CCC1Oc2ccc(C(N)CC)cc2N(CC(=O)N(CC)CC)C1=O. The fraction of sp³-hybridized carbons (Fsp3) is 0.579. The summed E-state index contributed by atoms with van der Waals surface area (Å²) in [4.78, 5) is 28.7. The molecular formula is C19H29N3O3. The van der Waals surface area contributed by atoms with Crippen LogP contribution in [0.4, 0.5) is 5.69 Å². The third-order valence-electron chi connectivity index (χ3n) is 4.73. The smallest absolute Gasteiger partial charge is 0.268 e. The van der Waals surface area contributed by atoms with E-state index in [1.165, 1.54) is 0 Å². The number of likely N-dealkylation sites (N-methyl/N-ethyl adjacent to an activating group) is 1. The van der Waals surface area contributed by atoms with E-state index in [4.69, 9.17) is 10.5 Å². The van der Waals surface area contributed by atoms with Crippen LogP contribution in [0.3, 0.4) is 0 Å². The van der Waals surface area contributed by atoms with Crippen LogP contribution in [0.1, 0.15) is 52.1 Å². The van der Waals surface area contributed by atoms with Crippen molar-refractivity contribution in [3.8, 4) is 5.75 Å². The maximum absolute atomic E-state index is 12.8. The number of benzene rings is 1. The molecule has 0 bridgehead atoms. The van der Waals surface area contributed by atoms with Gasteiger partial charge in [-0.3, -0.25) is 14.5 Å². The van der Waals surface area contributed by atoms with E-state index in [0.717, 1.165) is 12.0 Å². The van der Waals surface area contributed by atoms with Gasteiger partial charge in [0, 0.05) is 19.1 Å². The number of nitrogens with two attached hydrogens (primary N) is 1.